The molecule has 9 heteroatoms. The van der Waals surface area contributed by atoms with Gasteiger partial charge in [-0.2, -0.15) is 9.97 Å². The lowest BCUT2D eigenvalue weighted by Crippen LogP contribution is -2.29. The maximum Gasteiger partial charge on any atom is 0.226 e. The number of fused-ring (bicyclic) bond motifs is 1. The molecule has 3 aromatic rings. The molecule has 1 unspecified atom stereocenters. The number of benzene rings is 1. The lowest BCUT2D eigenvalue weighted by Gasteiger charge is -2.23. The first kappa shape index (κ1) is 22.6. The topological polar surface area (TPSA) is 123 Å². The van der Waals surface area contributed by atoms with Crippen LogP contribution in [0.2, 0.25) is 0 Å². The fourth-order valence-electron chi connectivity index (χ4n) is 3.54. The van der Waals surface area contributed by atoms with Crippen LogP contribution in [0.4, 0.5) is 17.5 Å². The molecular weight excluding hydrogens is 394 g/mol. The van der Waals surface area contributed by atoms with Gasteiger partial charge in [0.2, 0.25) is 5.95 Å². The van der Waals surface area contributed by atoms with Gasteiger partial charge in [0.05, 0.1) is 19.0 Å². The highest BCUT2D eigenvalue weighted by Crippen LogP contribution is 2.26. The van der Waals surface area contributed by atoms with Crippen molar-refractivity contribution < 1.29 is 9.84 Å². The normalized spacial score (nSPS) is 12.9. The molecule has 2 heterocycles. The third kappa shape index (κ3) is 5.55. The standard InChI is InChI=1S/C22H33N7O2/c1-13(2)29-12-25-18-19(24-11-15-9-16(31-6)7-8-17(15)23)27-21(28-20(18)29)26-14(3)10-22(4,5)30/h7-9,12-14,30H,10-11,23H2,1-6H3,(H2,24,26,27,28). The Balaban J connectivity index is 1.93. The molecule has 0 amide bonds. The lowest BCUT2D eigenvalue weighted by atomic mass is 10.0. The quantitative estimate of drug-likeness (QED) is 0.382. The molecule has 31 heavy (non-hydrogen) atoms. The van der Waals surface area contributed by atoms with E-state index in [1.54, 1.807) is 27.3 Å². The van der Waals surface area contributed by atoms with Crippen LogP contribution in [0.15, 0.2) is 24.5 Å². The summed E-state index contributed by atoms with van der Waals surface area (Å²) < 4.78 is 7.32. The van der Waals surface area contributed by atoms with Gasteiger partial charge >= 0.3 is 0 Å². The molecule has 0 bridgehead atoms. The molecule has 0 aliphatic heterocycles. The number of aliphatic hydroxyl groups is 1. The first-order chi connectivity index (χ1) is 14.6. The average molecular weight is 428 g/mol. The van der Waals surface area contributed by atoms with Crippen LogP contribution >= 0.6 is 0 Å². The van der Waals surface area contributed by atoms with Gasteiger partial charge in [-0.05, 0) is 64.8 Å². The van der Waals surface area contributed by atoms with Crippen LogP contribution in [-0.4, -0.2) is 43.4 Å². The van der Waals surface area contributed by atoms with Crippen LogP contribution in [-0.2, 0) is 6.54 Å². The number of hydrogen-bond acceptors (Lipinski definition) is 8. The van der Waals surface area contributed by atoms with Gasteiger partial charge in [0.15, 0.2) is 17.0 Å². The summed E-state index contributed by atoms with van der Waals surface area (Å²) in [5, 5.41) is 16.8. The number of aromatic nitrogens is 4. The van der Waals surface area contributed by atoms with Gasteiger partial charge in [0.25, 0.3) is 0 Å². The molecule has 1 aromatic carbocycles. The van der Waals surface area contributed by atoms with Crippen molar-refractivity contribution in [1.82, 2.24) is 19.5 Å². The Bertz CT molecular complexity index is 1040. The van der Waals surface area contributed by atoms with E-state index in [1.807, 2.05) is 29.7 Å². The summed E-state index contributed by atoms with van der Waals surface area (Å²) in [4.78, 5) is 13.9. The second kappa shape index (κ2) is 8.97. The van der Waals surface area contributed by atoms with Crippen molar-refractivity contribution in [2.45, 2.75) is 65.3 Å². The van der Waals surface area contributed by atoms with Crippen LogP contribution in [0.5, 0.6) is 5.75 Å². The predicted octanol–water partition coefficient (Wildman–Crippen LogP) is 3.57. The largest absolute Gasteiger partial charge is 0.497 e. The Morgan fingerprint density at radius 3 is 2.61 bits per heavy atom. The number of imidazole rings is 1. The van der Waals surface area contributed by atoms with E-state index in [1.165, 1.54) is 0 Å². The second-order valence-corrected chi connectivity index (χ2v) is 8.79. The predicted molar refractivity (Wildman–Crippen MR) is 124 cm³/mol. The summed E-state index contributed by atoms with van der Waals surface area (Å²) in [6.45, 7) is 10.2. The number of hydrogen-bond donors (Lipinski definition) is 4. The molecule has 1 atom stereocenters. The van der Waals surface area contributed by atoms with E-state index in [2.05, 4.69) is 34.4 Å². The molecule has 0 aliphatic carbocycles. The summed E-state index contributed by atoms with van der Waals surface area (Å²) in [6.07, 6.45) is 2.33. The van der Waals surface area contributed by atoms with Crippen molar-refractivity contribution in [2.24, 2.45) is 0 Å². The van der Waals surface area contributed by atoms with Crippen molar-refractivity contribution in [3.8, 4) is 5.75 Å². The SMILES string of the molecule is COc1ccc(N)c(CNc2nc(NC(C)CC(C)(C)O)nc3c2ncn3C(C)C)c1. The number of anilines is 3. The third-order valence-corrected chi connectivity index (χ3v) is 4.96. The Kier molecular flexibility index (Phi) is 6.54. The smallest absolute Gasteiger partial charge is 0.226 e. The maximum atomic E-state index is 10.1. The summed E-state index contributed by atoms with van der Waals surface area (Å²) >= 11 is 0. The Morgan fingerprint density at radius 2 is 1.97 bits per heavy atom. The Morgan fingerprint density at radius 1 is 1.23 bits per heavy atom. The van der Waals surface area contributed by atoms with Gasteiger partial charge < -0.3 is 30.8 Å². The lowest BCUT2D eigenvalue weighted by molar-refractivity contribution is 0.0672. The number of nitrogens with two attached hydrogens (primary N) is 1. The van der Waals surface area contributed by atoms with E-state index in [-0.39, 0.29) is 12.1 Å². The Hall–Kier alpha value is -3.07. The minimum Gasteiger partial charge on any atom is -0.497 e. The summed E-state index contributed by atoms with van der Waals surface area (Å²) in [7, 11) is 1.63. The van der Waals surface area contributed by atoms with E-state index >= 15 is 0 Å². The molecule has 168 valence electrons. The molecule has 0 saturated heterocycles. The molecular formula is C22H33N7O2. The van der Waals surface area contributed by atoms with E-state index in [9.17, 15) is 5.11 Å². The first-order valence-corrected chi connectivity index (χ1v) is 10.5. The van der Waals surface area contributed by atoms with Crippen molar-refractivity contribution in [2.75, 3.05) is 23.5 Å². The first-order valence-electron chi connectivity index (χ1n) is 10.5. The molecule has 0 aliphatic rings. The highest BCUT2D eigenvalue weighted by atomic mass is 16.5. The zero-order chi connectivity index (χ0) is 22.8. The molecule has 0 spiro atoms. The minimum absolute atomic E-state index is 0.0187. The number of nitrogens with zero attached hydrogens (tertiary/aromatic N) is 4. The van der Waals surface area contributed by atoms with Gasteiger partial charge in [-0.1, -0.05) is 0 Å². The fraction of sp³-hybridized carbons (Fsp3) is 0.500. The minimum atomic E-state index is -0.790. The van der Waals surface area contributed by atoms with Crippen LogP contribution in [0.3, 0.4) is 0 Å². The van der Waals surface area contributed by atoms with Gasteiger partial charge in [0, 0.05) is 24.3 Å². The monoisotopic (exact) mass is 427 g/mol. The highest BCUT2D eigenvalue weighted by molar-refractivity contribution is 5.84. The van der Waals surface area contributed by atoms with E-state index < -0.39 is 5.60 Å². The summed E-state index contributed by atoms with van der Waals surface area (Å²) in [5.41, 5.74) is 8.35. The van der Waals surface area contributed by atoms with E-state index in [0.29, 0.717) is 35.9 Å². The summed E-state index contributed by atoms with van der Waals surface area (Å²) in [5.74, 6) is 1.84. The number of ether oxygens (including phenoxy) is 1. The molecule has 0 fully saturated rings. The van der Waals surface area contributed by atoms with Crippen LogP contribution in [0.1, 0.15) is 52.6 Å². The zero-order valence-electron chi connectivity index (χ0n) is 19.1. The van der Waals surface area contributed by atoms with Crippen LogP contribution in [0, 0.1) is 0 Å². The molecule has 2 aromatic heterocycles. The number of methoxy groups -OCH3 is 1. The Labute approximate surface area is 183 Å². The van der Waals surface area contributed by atoms with Gasteiger partial charge in [0.1, 0.15) is 5.75 Å². The number of nitrogens with one attached hydrogen (secondary N) is 2. The van der Waals surface area contributed by atoms with Crippen molar-refractivity contribution >= 4 is 28.6 Å². The number of rotatable bonds is 9. The van der Waals surface area contributed by atoms with Crippen molar-refractivity contribution in [3.05, 3.63) is 30.1 Å². The molecule has 0 saturated carbocycles. The fourth-order valence-corrected chi connectivity index (χ4v) is 3.54. The summed E-state index contributed by atoms with van der Waals surface area (Å²) in [6, 6.07) is 5.73. The highest BCUT2D eigenvalue weighted by Gasteiger charge is 2.20. The average Bonchev–Trinajstić information content (AvgIpc) is 3.10. The van der Waals surface area contributed by atoms with Crippen LogP contribution < -0.4 is 21.1 Å². The maximum absolute atomic E-state index is 10.1. The van der Waals surface area contributed by atoms with Crippen molar-refractivity contribution in [1.29, 1.82) is 0 Å². The second-order valence-electron chi connectivity index (χ2n) is 8.79. The molecule has 3 rings (SSSR count). The molecule has 9 nitrogen and oxygen atoms in total. The van der Waals surface area contributed by atoms with Crippen LogP contribution in [0.25, 0.3) is 11.2 Å². The van der Waals surface area contributed by atoms with E-state index in [0.717, 1.165) is 17.0 Å². The number of nitrogen functional groups attached to an aromatic ring is 1. The molecule has 0 radical (unpaired) electrons. The third-order valence-electron chi connectivity index (χ3n) is 4.96. The van der Waals surface area contributed by atoms with Gasteiger partial charge in [-0.25, -0.2) is 4.98 Å². The zero-order valence-corrected chi connectivity index (χ0v) is 19.1. The van der Waals surface area contributed by atoms with Gasteiger partial charge in [-0.3, -0.25) is 0 Å². The van der Waals surface area contributed by atoms with E-state index in [4.69, 9.17) is 15.5 Å². The van der Waals surface area contributed by atoms with Gasteiger partial charge in [-0.15, -0.1) is 0 Å². The molecule has 5 N–H and O–H groups in total. The van der Waals surface area contributed by atoms with Crippen molar-refractivity contribution in [3.63, 3.8) is 0 Å².